The van der Waals surface area contributed by atoms with Crippen LogP contribution in [0.25, 0.3) is 0 Å². The molecule has 0 aliphatic carbocycles. The van der Waals surface area contributed by atoms with Crippen LogP contribution in [0.15, 0.2) is 35.5 Å². The van der Waals surface area contributed by atoms with Crippen molar-refractivity contribution in [2.75, 3.05) is 20.2 Å². The number of aliphatic imine (C=N–C) groups is 1. The summed E-state index contributed by atoms with van der Waals surface area (Å²) >= 11 is 1.69. The van der Waals surface area contributed by atoms with E-state index in [0.717, 1.165) is 22.3 Å². The summed E-state index contributed by atoms with van der Waals surface area (Å²) in [7, 11) is 1.75. The van der Waals surface area contributed by atoms with E-state index in [4.69, 9.17) is 4.74 Å². The van der Waals surface area contributed by atoms with Gasteiger partial charge in [-0.1, -0.05) is 18.2 Å². The van der Waals surface area contributed by atoms with Gasteiger partial charge in [0.15, 0.2) is 5.96 Å². The molecule has 0 saturated carbocycles. The van der Waals surface area contributed by atoms with Crippen LogP contribution in [0.1, 0.15) is 15.4 Å². The topological polar surface area (TPSA) is 58.5 Å². The van der Waals surface area contributed by atoms with Gasteiger partial charge in [-0.25, -0.2) is 4.98 Å². The van der Waals surface area contributed by atoms with E-state index in [1.165, 1.54) is 4.88 Å². The average Bonchev–Trinajstić information content (AvgIpc) is 2.94. The Hall–Kier alpha value is -1.35. The van der Waals surface area contributed by atoms with Crippen LogP contribution in [0.2, 0.25) is 0 Å². The quantitative estimate of drug-likeness (QED) is 0.310. The number of aryl methyl sites for hydroxylation is 2. The van der Waals surface area contributed by atoms with Crippen molar-refractivity contribution in [2.24, 2.45) is 4.99 Å². The van der Waals surface area contributed by atoms with Crippen LogP contribution in [0, 0.1) is 13.8 Å². The first-order valence-corrected chi connectivity index (χ1v) is 8.05. The van der Waals surface area contributed by atoms with Crippen LogP contribution in [-0.4, -0.2) is 31.1 Å². The minimum absolute atomic E-state index is 0. The van der Waals surface area contributed by atoms with Crippen molar-refractivity contribution in [3.05, 3.63) is 45.9 Å². The molecule has 7 heteroatoms. The van der Waals surface area contributed by atoms with Gasteiger partial charge in [-0.15, -0.1) is 35.3 Å². The molecule has 0 unspecified atom stereocenters. The Morgan fingerprint density at radius 2 is 2.04 bits per heavy atom. The zero-order chi connectivity index (χ0) is 15.8. The van der Waals surface area contributed by atoms with Gasteiger partial charge in [0.2, 0.25) is 0 Å². The fraction of sp³-hybridized carbons (Fsp3) is 0.375. The highest BCUT2D eigenvalue weighted by molar-refractivity contribution is 14.0. The molecule has 0 aliphatic rings. The summed E-state index contributed by atoms with van der Waals surface area (Å²) in [5.41, 5.74) is 1.14. The minimum Gasteiger partial charge on any atom is -0.491 e. The van der Waals surface area contributed by atoms with E-state index in [1.807, 2.05) is 37.4 Å². The number of rotatable bonds is 6. The lowest BCUT2D eigenvalue weighted by molar-refractivity contribution is 0.320. The molecule has 1 aromatic carbocycles. The third-order valence-corrected chi connectivity index (χ3v) is 3.96. The van der Waals surface area contributed by atoms with E-state index in [-0.39, 0.29) is 24.0 Å². The van der Waals surface area contributed by atoms with Crippen molar-refractivity contribution in [1.82, 2.24) is 15.6 Å². The second-order valence-electron chi connectivity index (χ2n) is 4.83. The lowest BCUT2D eigenvalue weighted by Gasteiger charge is -2.12. The second-order valence-corrected chi connectivity index (χ2v) is 6.15. The molecule has 23 heavy (non-hydrogen) atoms. The first kappa shape index (κ1) is 19.7. The molecule has 0 saturated heterocycles. The first-order valence-electron chi connectivity index (χ1n) is 7.23. The predicted molar refractivity (Wildman–Crippen MR) is 107 cm³/mol. The van der Waals surface area contributed by atoms with Crippen molar-refractivity contribution in [2.45, 2.75) is 20.4 Å². The first-order chi connectivity index (χ1) is 10.7. The van der Waals surface area contributed by atoms with Gasteiger partial charge < -0.3 is 15.4 Å². The number of hydrogen-bond donors (Lipinski definition) is 2. The van der Waals surface area contributed by atoms with Crippen LogP contribution in [0.3, 0.4) is 0 Å². The summed E-state index contributed by atoms with van der Waals surface area (Å²) in [5.74, 6) is 1.67. The van der Waals surface area contributed by atoms with E-state index in [2.05, 4.69) is 27.5 Å². The second kappa shape index (κ2) is 10.4. The van der Waals surface area contributed by atoms with Gasteiger partial charge in [-0.2, -0.15) is 0 Å². The highest BCUT2D eigenvalue weighted by Gasteiger charge is 2.02. The maximum Gasteiger partial charge on any atom is 0.191 e. The van der Waals surface area contributed by atoms with Gasteiger partial charge in [0.25, 0.3) is 0 Å². The third-order valence-electron chi connectivity index (χ3n) is 3.05. The van der Waals surface area contributed by atoms with Crippen molar-refractivity contribution in [3.63, 3.8) is 0 Å². The molecule has 0 fully saturated rings. The summed E-state index contributed by atoms with van der Waals surface area (Å²) < 4.78 is 5.74. The average molecular weight is 446 g/mol. The molecule has 0 amide bonds. The molecular formula is C16H23IN4OS. The molecule has 2 N–H and O–H groups in total. The van der Waals surface area contributed by atoms with Crippen LogP contribution in [0.4, 0.5) is 0 Å². The maximum atomic E-state index is 5.74. The summed E-state index contributed by atoms with van der Waals surface area (Å²) in [6.45, 7) is 6.04. The van der Waals surface area contributed by atoms with Crippen LogP contribution in [0.5, 0.6) is 5.75 Å². The predicted octanol–water partition coefficient (Wildman–Crippen LogP) is 3.12. The number of nitrogens with zero attached hydrogens (tertiary/aromatic N) is 2. The third kappa shape index (κ3) is 6.74. The molecule has 0 atom stereocenters. The van der Waals surface area contributed by atoms with E-state index in [1.54, 1.807) is 18.4 Å². The van der Waals surface area contributed by atoms with Gasteiger partial charge in [0.05, 0.1) is 13.1 Å². The molecule has 0 bridgehead atoms. The van der Waals surface area contributed by atoms with Gasteiger partial charge in [0, 0.05) is 18.1 Å². The Bertz CT molecular complexity index is 630. The fourth-order valence-electron chi connectivity index (χ4n) is 1.91. The van der Waals surface area contributed by atoms with E-state index in [0.29, 0.717) is 19.7 Å². The molecule has 2 aromatic rings. The van der Waals surface area contributed by atoms with Crippen LogP contribution in [-0.2, 0) is 6.54 Å². The molecule has 0 spiro atoms. The van der Waals surface area contributed by atoms with Crippen molar-refractivity contribution in [1.29, 1.82) is 0 Å². The van der Waals surface area contributed by atoms with Crippen molar-refractivity contribution < 1.29 is 4.74 Å². The SMILES string of the molecule is CN=C(NCCOc1ccccc1C)NCc1ncc(C)s1.I. The number of guanidine groups is 1. The normalized spacial score (nSPS) is 10.8. The molecule has 126 valence electrons. The Kier molecular flexibility index (Phi) is 8.93. The number of hydrogen-bond acceptors (Lipinski definition) is 4. The minimum atomic E-state index is 0. The van der Waals surface area contributed by atoms with Crippen molar-refractivity contribution >= 4 is 41.3 Å². The lowest BCUT2D eigenvalue weighted by atomic mass is 10.2. The maximum absolute atomic E-state index is 5.74. The molecule has 1 aromatic heterocycles. The van der Waals surface area contributed by atoms with Gasteiger partial charge in [-0.3, -0.25) is 4.99 Å². The Morgan fingerprint density at radius 1 is 1.26 bits per heavy atom. The number of ether oxygens (including phenoxy) is 1. The highest BCUT2D eigenvalue weighted by atomic mass is 127. The number of nitrogens with one attached hydrogen (secondary N) is 2. The molecule has 2 rings (SSSR count). The fourth-order valence-corrected chi connectivity index (χ4v) is 2.64. The van der Waals surface area contributed by atoms with E-state index < -0.39 is 0 Å². The molecule has 1 heterocycles. The number of benzene rings is 1. The summed E-state index contributed by atoms with van der Waals surface area (Å²) in [5, 5.41) is 7.52. The van der Waals surface area contributed by atoms with Crippen molar-refractivity contribution in [3.8, 4) is 5.75 Å². The number of thiazole rings is 1. The Morgan fingerprint density at radius 3 is 2.70 bits per heavy atom. The molecule has 0 radical (unpaired) electrons. The zero-order valence-corrected chi connectivity index (χ0v) is 16.8. The summed E-state index contributed by atoms with van der Waals surface area (Å²) in [4.78, 5) is 9.72. The number of para-hydroxylation sites is 1. The van der Waals surface area contributed by atoms with E-state index in [9.17, 15) is 0 Å². The number of halogens is 1. The Balaban J connectivity index is 0.00000264. The van der Waals surface area contributed by atoms with Gasteiger partial charge in [-0.05, 0) is 25.5 Å². The van der Waals surface area contributed by atoms with Crippen LogP contribution >= 0.6 is 35.3 Å². The Labute approximate surface area is 158 Å². The molecular weight excluding hydrogens is 423 g/mol. The van der Waals surface area contributed by atoms with Gasteiger partial charge in [0.1, 0.15) is 17.4 Å². The van der Waals surface area contributed by atoms with Crippen LogP contribution < -0.4 is 15.4 Å². The summed E-state index contributed by atoms with van der Waals surface area (Å²) in [6, 6.07) is 8.01. The monoisotopic (exact) mass is 446 g/mol. The molecule has 5 nitrogen and oxygen atoms in total. The standard InChI is InChI=1S/C16H22N4OS.HI/c1-12-6-4-5-7-14(12)21-9-8-18-16(17-3)20-11-15-19-10-13(2)22-15;/h4-7,10H,8-9,11H2,1-3H3,(H2,17,18,20);1H. The zero-order valence-electron chi connectivity index (χ0n) is 13.6. The van der Waals surface area contributed by atoms with E-state index >= 15 is 0 Å². The lowest BCUT2D eigenvalue weighted by Crippen LogP contribution is -2.38. The van der Waals surface area contributed by atoms with Gasteiger partial charge >= 0.3 is 0 Å². The largest absolute Gasteiger partial charge is 0.491 e. The smallest absolute Gasteiger partial charge is 0.191 e. The summed E-state index contributed by atoms with van der Waals surface area (Å²) in [6.07, 6.45) is 1.88. The molecule has 0 aliphatic heterocycles. The highest BCUT2D eigenvalue weighted by Crippen LogP contribution is 2.15. The number of aromatic nitrogens is 1.